The summed E-state index contributed by atoms with van der Waals surface area (Å²) in [7, 11) is 5.41. The van der Waals surface area contributed by atoms with Crippen LogP contribution in [0.4, 0.5) is 4.39 Å². The Bertz CT molecular complexity index is 1910. The highest BCUT2D eigenvalue weighted by atomic mass is 19.1. The number of rotatable bonds is 9. The summed E-state index contributed by atoms with van der Waals surface area (Å²) in [6, 6.07) is 36.8. The molecule has 0 aliphatic rings. The zero-order valence-electron chi connectivity index (χ0n) is 27.9. The van der Waals surface area contributed by atoms with Crippen molar-refractivity contribution in [2.24, 2.45) is 0 Å². The Morgan fingerprint density at radius 3 is 1.86 bits per heavy atom. The van der Waals surface area contributed by atoms with Crippen LogP contribution in [-0.4, -0.2) is 43.6 Å². The number of aromatic nitrogens is 1. The minimum Gasteiger partial charge on any atom is -0.497 e. The number of ether oxygens (including phenoxy) is 2. The summed E-state index contributed by atoms with van der Waals surface area (Å²) >= 11 is 0. The fraction of sp³-hybridized carbons (Fsp3) is 0.146. The van der Waals surface area contributed by atoms with Crippen molar-refractivity contribution in [2.75, 3.05) is 21.2 Å². The van der Waals surface area contributed by atoms with Gasteiger partial charge in [-0.05, 0) is 85.6 Å². The molecule has 0 saturated carbocycles. The number of carbonyl (C=O) groups excluding carboxylic acids is 1. The quantitative estimate of drug-likeness (QED) is 0.150. The zero-order chi connectivity index (χ0) is 35.2. The number of aromatic carboxylic acids is 1. The fourth-order valence-corrected chi connectivity index (χ4v) is 5.24. The van der Waals surface area contributed by atoms with Gasteiger partial charge in [0, 0.05) is 11.6 Å². The lowest BCUT2D eigenvalue weighted by molar-refractivity contribution is 0.0698. The van der Waals surface area contributed by atoms with Crippen LogP contribution in [0.3, 0.4) is 0 Å². The van der Waals surface area contributed by atoms with Crippen molar-refractivity contribution in [1.82, 2.24) is 10.3 Å². The first kappa shape index (κ1) is 36.0. The van der Waals surface area contributed by atoms with E-state index in [1.165, 1.54) is 12.1 Å². The summed E-state index contributed by atoms with van der Waals surface area (Å²) in [5, 5.41) is 13.2. The van der Waals surface area contributed by atoms with Gasteiger partial charge in [0.1, 0.15) is 23.2 Å². The lowest BCUT2D eigenvalue weighted by atomic mass is 9.94. The number of carboxylic acids is 1. The van der Waals surface area contributed by atoms with Gasteiger partial charge in [0.05, 0.1) is 18.2 Å². The molecule has 250 valence electrons. The fourth-order valence-electron chi connectivity index (χ4n) is 5.24. The first-order valence-electron chi connectivity index (χ1n) is 15.6. The summed E-state index contributed by atoms with van der Waals surface area (Å²) in [6.07, 6.45) is 2.13. The summed E-state index contributed by atoms with van der Waals surface area (Å²) in [5.41, 5.74) is 4.08. The number of carboxylic acid groups (broad SMARTS) is 1. The Labute approximate surface area is 286 Å². The minimum absolute atomic E-state index is 0.00104. The first-order chi connectivity index (χ1) is 23.8. The zero-order valence-corrected chi connectivity index (χ0v) is 27.9. The molecular formula is C41H39FN2O5. The van der Waals surface area contributed by atoms with E-state index in [1.807, 2.05) is 105 Å². The van der Waals surface area contributed by atoms with E-state index in [1.54, 1.807) is 38.4 Å². The number of hydrogen-bond donors (Lipinski definition) is 2. The van der Waals surface area contributed by atoms with E-state index in [0.717, 1.165) is 28.0 Å². The van der Waals surface area contributed by atoms with Crippen molar-refractivity contribution in [2.45, 2.75) is 19.4 Å². The molecule has 6 rings (SSSR count). The van der Waals surface area contributed by atoms with Gasteiger partial charge >= 0.3 is 5.97 Å². The smallest absolute Gasteiger partial charge is 0.336 e. The van der Waals surface area contributed by atoms with Crippen LogP contribution in [0.15, 0.2) is 128 Å². The van der Waals surface area contributed by atoms with E-state index in [-0.39, 0.29) is 28.2 Å². The number of nitrogens with one attached hydrogen (secondary N) is 1. The van der Waals surface area contributed by atoms with E-state index in [2.05, 4.69) is 10.3 Å². The van der Waals surface area contributed by atoms with Crippen LogP contribution in [0.2, 0.25) is 0 Å². The molecule has 0 aliphatic carbocycles. The van der Waals surface area contributed by atoms with Gasteiger partial charge in [-0.1, -0.05) is 91.0 Å². The molecule has 1 aromatic heterocycles. The average molecular weight is 659 g/mol. The predicted molar refractivity (Wildman–Crippen MR) is 191 cm³/mol. The maximum Gasteiger partial charge on any atom is 0.336 e. The summed E-state index contributed by atoms with van der Waals surface area (Å²) in [5.74, 6) is -0.356. The monoisotopic (exact) mass is 658 g/mol. The van der Waals surface area contributed by atoms with E-state index >= 15 is 0 Å². The van der Waals surface area contributed by atoms with E-state index in [4.69, 9.17) is 9.47 Å². The third kappa shape index (κ3) is 9.37. The predicted octanol–water partition coefficient (Wildman–Crippen LogP) is 8.48. The van der Waals surface area contributed by atoms with Gasteiger partial charge in [-0.25, -0.2) is 9.18 Å². The molecular weight excluding hydrogens is 619 g/mol. The van der Waals surface area contributed by atoms with Gasteiger partial charge in [0.2, 0.25) is 0 Å². The van der Waals surface area contributed by atoms with Crippen LogP contribution in [0, 0.1) is 12.7 Å². The van der Waals surface area contributed by atoms with Crippen molar-refractivity contribution < 1.29 is 28.6 Å². The van der Waals surface area contributed by atoms with Crippen LogP contribution in [0.25, 0.3) is 10.9 Å². The van der Waals surface area contributed by atoms with E-state index in [0.29, 0.717) is 23.7 Å². The molecule has 0 radical (unpaired) electrons. The largest absolute Gasteiger partial charge is 0.497 e. The maximum absolute atomic E-state index is 13.4. The molecule has 49 heavy (non-hydrogen) atoms. The number of halogens is 1. The Hall–Kier alpha value is -5.86. The number of nitrogens with zero attached hydrogens (tertiary/aromatic N) is 1. The maximum atomic E-state index is 13.4. The summed E-state index contributed by atoms with van der Waals surface area (Å²) < 4.78 is 24.9. The van der Waals surface area contributed by atoms with Crippen LogP contribution in [0.1, 0.15) is 54.6 Å². The van der Waals surface area contributed by atoms with Gasteiger partial charge < -0.3 is 19.9 Å². The number of methoxy groups -OCH3 is 1. The molecule has 2 N–H and O–H groups in total. The van der Waals surface area contributed by atoms with Crippen molar-refractivity contribution in [3.8, 4) is 11.5 Å². The topological polar surface area (TPSA) is 97.8 Å². The molecule has 0 aliphatic heterocycles. The van der Waals surface area contributed by atoms with Gasteiger partial charge in [-0.3, -0.25) is 9.78 Å². The van der Waals surface area contributed by atoms with Crippen molar-refractivity contribution >= 4 is 23.2 Å². The van der Waals surface area contributed by atoms with E-state index < -0.39 is 12.1 Å². The summed E-state index contributed by atoms with van der Waals surface area (Å²) in [4.78, 5) is 29.3. The highest BCUT2D eigenvalue weighted by Crippen LogP contribution is 2.39. The molecule has 0 saturated heterocycles. The second kappa shape index (κ2) is 17.9. The van der Waals surface area contributed by atoms with Crippen molar-refractivity contribution in [1.29, 1.82) is 0 Å². The molecule has 7 nitrogen and oxygen atoms in total. The average Bonchev–Trinajstić information content (AvgIpc) is 3.13. The Morgan fingerprint density at radius 2 is 1.39 bits per heavy atom. The van der Waals surface area contributed by atoms with Crippen LogP contribution in [0.5, 0.6) is 11.5 Å². The molecule has 0 unspecified atom stereocenters. The normalized spacial score (nSPS) is 10.3. The number of para-hydroxylation sites is 1. The lowest BCUT2D eigenvalue weighted by Crippen LogP contribution is -2.14. The second-order valence-electron chi connectivity index (χ2n) is 11.0. The summed E-state index contributed by atoms with van der Waals surface area (Å²) in [6.45, 7) is 1.60. The molecule has 5 aromatic carbocycles. The Morgan fingerprint density at radius 1 is 0.857 bits per heavy atom. The molecule has 8 heteroatoms. The van der Waals surface area contributed by atoms with Gasteiger partial charge in [0.25, 0.3) is 0 Å². The number of benzene rings is 5. The highest BCUT2D eigenvalue weighted by molar-refractivity contribution is 6.09. The van der Waals surface area contributed by atoms with Crippen molar-refractivity contribution in [3.63, 3.8) is 0 Å². The molecule has 1 heterocycles. The standard InChI is InChI=1S/C32H24FNO4.C7H8O.C2H7N/c1-20-27(19-35)31(38-30(23-8-4-2-5-9-23)24-10-6-3-7-11-24)29-26(28(20)32(36)37)17-22(18-34-29)16-21-12-14-25(33)15-13-21;1-8-7-5-3-2-4-6-7;1-3-2/h2-15,17-19,30H,16H2,1H3,(H,36,37);2-6H,1H3;3H,1-2H3. The SMILES string of the molecule is CNC.COc1ccccc1.Cc1c(C=O)c(OC(c2ccccc2)c2ccccc2)c2ncc(Cc3ccc(F)cc3)cc2c1C(=O)O. The van der Waals surface area contributed by atoms with Crippen molar-refractivity contribution in [3.05, 3.63) is 172 Å². The molecule has 0 bridgehead atoms. The molecule has 0 fully saturated rings. The number of pyridine rings is 1. The van der Waals surface area contributed by atoms with Crippen LogP contribution in [-0.2, 0) is 6.42 Å². The Balaban J connectivity index is 0.000000422. The molecule has 0 amide bonds. The number of aldehydes is 1. The lowest BCUT2D eigenvalue weighted by Gasteiger charge is -2.23. The first-order valence-corrected chi connectivity index (χ1v) is 15.6. The van der Waals surface area contributed by atoms with Crippen LogP contribution < -0.4 is 14.8 Å². The third-order valence-corrected chi connectivity index (χ3v) is 7.52. The second-order valence-corrected chi connectivity index (χ2v) is 11.0. The van der Waals surface area contributed by atoms with Gasteiger partial charge in [-0.2, -0.15) is 0 Å². The molecule has 0 atom stereocenters. The minimum atomic E-state index is -1.16. The highest BCUT2D eigenvalue weighted by Gasteiger charge is 2.26. The number of carbonyl (C=O) groups is 2. The Kier molecular flexibility index (Phi) is 13.1. The van der Waals surface area contributed by atoms with Gasteiger partial charge in [0.15, 0.2) is 12.0 Å². The number of fused-ring (bicyclic) bond motifs is 1. The third-order valence-electron chi connectivity index (χ3n) is 7.52. The van der Waals surface area contributed by atoms with E-state index in [9.17, 15) is 19.1 Å². The molecule has 0 spiro atoms. The number of hydrogen-bond acceptors (Lipinski definition) is 6. The van der Waals surface area contributed by atoms with Gasteiger partial charge in [-0.15, -0.1) is 0 Å². The molecule has 6 aromatic rings. The van der Waals surface area contributed by atoms with Crippen LogP contribution >= 0.6 is 0 Å².